The van der Waals surface area contributed by atoms with E-state index in [1.165, 1.54) is 0 Å². The van der Waals surface area contributed by atoms with Crippen molar-refractivity contribution < 1.29 is 9.59 Å². The maximum atomic E-state index is 12.6. The molecule has 2 fully saturated rings. The predicted octanol–water partition coefficient (Wildman–Crippen LogP) is 1.62. The van der Waals surface area contributed by atoms with Crippen molar-refractivity contribution in [2.75, 3.05) is 31.6 Å². The second-order valence-corrected chi connectivity index (χ2v) is 6.81. The van der Waals surface area contributed by atoms with Crippen molar-refractivity contribution in [3.05, 3.63) is 28.7 Å². The molecule has 0 aliphatic carbocycles. The number of nitrogens with zero attached hydrogens (tertiary/aromatic N) is 2. The maximum Gasteiger partial charge on any atom is 0.228 e. The van der Waals surface area contributed by atoms with Gasteiger partial charge in [0.25, 0.3) is 0 Å². The number of likely N-dealkylation sites (N-methyl/N-ethyl adjacent to an activating group) is 1. The van der Waals surface area contributed by atoms with Crippen LogP contribution in [-0.4, -0.2) is 49.4 Å². The summed E-state index contributed by atoms with van der Waals surface area (Å²) in [6.07, 6.45) is 1.28. The Hall–Kier alpha value is -1.40. The molecule has 0 radical (unpaired) electrons. The van der Waals surface area contributed by atoms with Gasteiger partial charge >= 0.3 is 0 Å². The highest BCUT2D eigenvalue weighted by Crippen LogP contribution is 2.32. The van der Waals surface area contributed by atoms with E-state index in [9.17, 15) is 9.59 Å². The van der Waals surface area contributed by atoms with Gasteiger partial charge in [-0.05, 0) is 41.0 Å². The fourth-order valence-electron chi connectivity index (χ4n) is 3.21. The van der Waals surface area contributed by atoms with Crippen LogP contribution in [0.5, 0.6) is 0 Å². The Morgan fingerprint density at radius 2 is 2.18 bits per heavy atom. The van der Waals surface area contributed by atoms with Gasteiger partial charge in [-0.2, -0.15) is 0 Å². The summed E-state index contributed by atoms with van der Waals surface area (Å²) in [5.74, 6) is -0.148. The first-order chi connectivity index (χ1) is 10.6. The van der Waals surface area contributed by atoms with Gasteiger partial charge in [0.1, 0.15) is 0 Å². The average Bonchev–Trinajstić information content (AvgIpc) is 3.16. The highest BCUT2D eigenvalue weighted by molar-refractivity contribution is 9.10. The molecule has 118 valence electrons. The second kappa shape index (κ2) is 6.38. The highest BCUT2D eigenvalue weighted by Gasteiger charge is 2.38. The summed E-state index contributed by atoms with van der Waals surface area (Å²) in [5.41, 5.74) is 0.841. The Morgan fingerprint density at radius 1 is 1.41 bits per heavy atom. The standard InChI is InChI=1S/C16H20BrN3O2/c1-19(12-6-7-18-9-12)16(22)11-8-15(21)20(10-11)14-5-3-2-4-13(14)17/h2-5,11-12,18H,6-10H2,1H3. The zero-order valence-electron chi connectivity index (χ0n) is 12.6. The van der Waals surface area contributed by atoms with E-state index in [0.29, 0.717) is 13.0 Å². The Bertz CT molecular complexity index is 587. The average molecular weight is 366 g/mol. The summed E-state index contributed by atoms with van der Waals surface area (Å²) in [4.78, 5) is 28.5. The van der Waals surface area contributed by atoms with Crippen LogP contribution in [0, 0.1) is 5.92 Å². The van der Waals surface area contributed by atoms with Gasteiger partial charge in [0.2, 0.25) is 11.8 Å². The van der Waals surface area contributed by atoms with Gasteiger partial charge < -0.3 is 15.1 Å². The molecule has 5 nitrogen and oxygen atoms in total. The normalized spacial score (nSPS) is 24.8. The van der Waals surface area contributed by atoms with E-state index in [-0.39, 0.29) is 23.8 Å². The van der Waals surface area contributed by atoms with Crippen molar-refractivity contribution in [1.82, 2.24) is 10.2 Å². The lowest BCUT2D eigenvalue weighted by Gasteiger charge is -2.26. The summed E-state index contributed by atoms with van der Waals surface area (Å²) in [6, 6.07) is 7.88. The third-order valence-corrected chi connectivity index (χ3v) is 5.22. The molecule has 2 heterocycles. The minimum atomic E-state index is -0.245. The number of rotatable bonds is 3. The Morgan fingerprint density at radius 3 is 2.86 bits per heavy atom. The lowest BCUT2D eigenvalue weighted by Crippen LogP contribution is -2.42. The second-order valence-electron chi connectivity index (χ2n) is 5.95. The molecule has 6 heteroatoms. The molecule has 2 atom stereocenters. The lowest BCUT2D eigenvalue weighted by molar-refractivity contribution is -0.136. The number of nitrogens with one attached hydrogen (secondary N) is 1. The molecule has 2 unspecified atom stereocenters. The van der Waals surface area contributed by atoms with Gasteiger partial charge in [-0.3, -0.25) is 9.59 Å². The molecule has 2 aliphatic heterocycles. The van der Waals surface area contributed by atoms with E-state index < -0.39 is 0 Å². The van der Waals surface area contributed by atoms with Crippen LogP contribution < -0.4 is 10.2 Å². The number of para-hydroxylation sites is 1. The van der Waals surface area contributed by atoms with E-state index >= 15 is 0 Å². The first kappa shape index (κ1) is 15.5. The van der Waals surface area contributed by atoms with Gasteiger partial charge in [0, 0.05) is 37.1 Å². The van der Waals surface area contributed by atoms with Gasteiger partial charge in [0.15, 0.2) is 0 Å². The Labute approximate surface area is 138 Å². The van der Waals surface area contributed by atoms with Crippen molar-refractivity contribution in [1.29, 1.82) is 0 Å². The molecular weight excluding hydrogens is 346 g/mol. The zero-order chi connectivity index (χ0) is 15.7. The van der Waals surface area contributed by atoms with Crippen LogP contribution in [0.4, 0.5) is 5.69 Å². The van der Waals surface area contributed by atoms with Crippen LogP contribution >= 0.6 is 15.9 Å². The van der Waals surface area contributed by atoms with Crippen LogP contribution in [0.2, 0.25) is 0 Å². The highest BCUT2D eigenvalue weighted by atomic mass is 79.9. The molecule has 2 aliphatic rings. The van der Waals surface area contributed by atoms with Crippen molar-refractivity contribution in [3.8, 4) is 0 Å². The molecule has 2 saturated heterocycles. The van der Waals surface area contributed by atoms with Crippen molar-refractivity contribution in [2.24, 2.45) is 5.92 Å². The summed E-state index contributed by atoms with van der Waals surface area (Å²) in [6.45, 7) is 2.26. The predicted molar refractivity (Wildman–Crippen MR) is 88.6 cm³/mol. The molecule has 2 amide bonds. The van der Waals surface area contributed by atoms with Gasteiger partial charge in [0.05, 0.1) is 11.6 Å². The zero-order valence-corrected chi connectivity index (χ0v) is 14.2. The number of hydrogen-bond acceptors (Lipinski definition) is 3. The van der Waals surface area contributed by atoms with Gasteiger partial charge in [-0.25, -0.2) is 0 Å². The number of benzene rings is 1. The summed E-state index contributed by atoms with van der Waals surface area (Å²) in [7, 11) is 1.85. The van der Waals surface area contributed by atoms with Crippen LogP contribution in [0.1, 0.15) is 12.8 Å². The number of anilines is 1. The van der Waals surface area contributed by atoms with E-state index in [2.05, 4.69) is 21.2 Å². The van der Waals surface area contributed by atoms with E-state index in [1.807, 2.05) is 36.2 Å². The fraction of sp³-hybridized carbons (Fsp3) is 0.500. The monoisotopic (exact) mass is 365 g/mol. The van der Waals surface area contributed by atoms with Crippen molar-refractivity contribution in [2.45, 2.75) is 18.9 Å². The minimum absolute atomic E-state index is 0.0168. The SMILES string of the molecule is CN(C(=O)C1CC(=O)N(c2ccccc2Br)C1)C1CCNC1. The van der Waals surface area contributed by atoms with Crippen molar-refractivity contribution in [3.63, 3.8) is 0 Å². The molecular formula is C16H20BrN3O2. The van der Waals surface area contributed by atoms with E-state index in [0.717, 1.165) is 29.7 Å². The van der Waals surface area contributed by atoms with E-state index in [4.69, 9.17) is 0 Å². The van der Waals surface area contributed by atoms with Crippen LogP contribution in [0.3, 0.4) is 0 Å². The quantitative estimate of drug-likeness (QED) is 0.885. The topological polar surface area (TPSA) is 52.7 Å². The molecule has 0 bridgehead atoms. The molecule has 22 heavy (non-hydrogen) atoms. The van der Waals surface area contributed by atoms with Crippen LogP contribution in [0.15, 0.2) is 28.7 Å². The molecule has 0 spiro atoms. The number of amides is 2. The summed E-state index contributed by atoms with van der Waals surface area (Å²) < 4.78 is 0.879. The number of carbonyl (C=O) groups is 2. The summed E-state index contributed by atoms with van der Waals surface area (Å²) >= 11 is 3.48. The van der Waals surface area contributed by atoms with Crippen LogP contribution in [0.25, 0.3) is 0 Å². The van der Waals surface area contributed by atoms with Gasteiger partial charge in [-0.1, -0.05) is 12.1 Å². The molecule has 0 aromatic heterocycles. The molecule has 0 saturated carbocycles. The summed E-state index contributed by atoms with van der Waals surface area (Å²) in [5, 5.41) is 3.27. The maximum absolute atomic E-state index is 12.6. The molecule has 3 rings (SSSR count). The number of carbonyl (C=O) groups excluding carboxylic acids is 2. The molecule has 1 N–H and O–H groups in total. The van der Waals surface area contributed by atoms with Crippen molar-refractivity contribution >= 4 is 33.4 Å². The fourth-order valence-corrected chi connectivity index (χ4v) is 3.71. The molecule has 1 aromatic carbocycles. The largest absolute Gasteiger partial charge is 0.341 e. The minimum Gasteiger partial charge on any atom is -0.341 e. The smallest absolute Gasteiger partial charge is 0.228 e. The van der Waals surface area contributed by atoms with Gasteiger partial charge in [-0.15, -0.1) is 0 Å². The van der Waals surface area contributed by atoms with E-state index in [1.54, 1.807) is 4.90 Å². The lowest BCUT2D eigenvalue weighted by atomic mass is 10.1. The Balaban J connectivity index is 1.71. The molecule has 1 aromatic rings. The number of halogens is 1. The third-order valence-electron chi connectivity index (χ3n) is 4.55. The third kappa shape index (κ3) is 2.90. The number of hydrogen-bond donors (Lipinski definition) is 1. The Kier molecular flexibility index (Phi) is 4.49. The first-order valence-corrected chi connectivity index (χ1v) is 8.39. The first-order valence-electron chi connectivity index (χ1n) is 7.60. The van der Waals surface area contributed by atoms with Crippen LogP contribution in [-0.2, 0) is 9.59 Å².